The summed E-state index contributed by atoms with van der Waals surface area (Å²) in [5.74, 6) is 0.0487. The van der Waals surface area contributed by atoms with E-state index in [2.05, 4.69) is 10.2 Å². The third kappa shape index (κ3) is 3.61. The predicted molar refractivity (Wildman–Crippen MR) is 78.4 cm³/mol. The smallest absolute Gasteiger partial charge is 0.217 e. The van der Waals surface area contributed by atoms with E-state index in [1.54, 1.807) is 6.92 Å². The van der Waals surface area contributed by atoms with E-state index in [9.17, 15) is 4.79 Å². The first-order valence-electron chi connectivity index (χ1n) is 6.60. The molecule has 5 heteroatoms. The molecule has 4 nitrogen and oxygen atoms in total. The second-order valence-corrected chi connectivity index (χ2v) is 5.38. The van der Waals surface area contributed by atoms with Crippen LogP contribution < -0.4 is 16.0 Å². The molecule has 2 rings (SSSR count). The van der Waals surface area contributed by atoms with E-state index in [1.807, 2.05) is 18.2 Å². The molecule has 0 bridgehead atoms. The lowest BCUT2D eigenvalue weighted by molar-refractivity contribution is -0.119. The van der Waals surface area contributed by atoms with Gasteiger partial charge in [0.1, 0.15) is 0 Å². The van der Waals surface area contributed by atoms with Crippen molar-refractivity contribution in [2.24, 2.45) is 5.73 Å². The molecule has 1 amide bonds. The van der Waals surface area contributed by atoms with Crippen molar-refractivity contribution >= 4 is 23.2 Å². The minimum atomic E-state index is 0.0487. The highest BCUT2D eigenvalue weighted by Gasteiger charge is 2.21. The van der Waals surface area contributed by atoms with Crippen LogP contribution in [0.2, 0.25) is 5.02 Å². The molecule has 1 aliphatic heterocycles. The van der Waals surface area contributed by atoms with Crippen molar-refractivity contribution in [3.05, 3.63) is 28.8 Å². The van der Waals surface area contributed by atoms with Crippen molar-refractivity contribution in [1.29, 1.82) is 0 Å². The Morgan fingerprint density at radius 3 is 2.74 bits per heavy atom. The molecule has 0 aromatic heterocycles. The quantitative estimate of drug-likeness (QED) is 0.890. The molecule has 1 aromatic rings. The van der Waals surface area contributed by atoms with Crippen LogP contribution in [0.3, 0.4) is 0 Å². The molecule has 1 heterocycles. The summed E-state index contributed by atoms with van der Waals surface area (Å²) in [6.45, 7) is 3.92. The molecule has 1 aliphatic rings. The Morgan fingerprint density at radius 2 is 2.16 bits per heavy atom. The van der Waals surface area contributed by atoms with Gasteiger partial charge in [0.05, 0.1) is 0 Å². The number of hydrogen-bond donors (Lipinski definition) is 2. The Balaban J connectivity index is 2.03. The minimum absolute atomic E-state index is 0.0487. The maximum absolute atomic E-state index is 11.0. The number of hydrogen-bond acceptors (Lipinski definition) is 3. The fourth-order valence-corrected chi connectivity index (χ4v) is 2.77. The highest BCUT2D eigenvalue weighted by molar-refractivity contribution is 6.30. The van der Waals surface area contributed by atoms with Crippen LogP contribution in [0.1, 0.15) is 25.3 Å². The summed E-state index contributed by atoms with van der Waals surface area (Å²) in [4.78, 5) is 13.4. The number of nitrogens with two attached hydrogens (primary N) is 1. The number of nitrogens with zero attached hydrogens (tertiary/aromatic N) is 1. The highest BCUT2D eigenvalue weighted by Crippen LogP contribution is 2.26. The zero-order chi connectivity index (χ0) is 13.8. The zero-order valence-corrected chi connectivity index (χ0v) is 11.9. The number of amides is 1. The first-order valence-corrected chi connectivity index (χ1v) is 6.98. The van der Waals surface area contributed by atoms with Gasteiger partial charge in [0.2, 0.25) is 5.91 Å². The van der Waals surface area contributed by atoms with Gasteiger partial charge in [0.25, 0.3) is 0 Å². The standard InChI is InChI=1S/C14H20ClN3O/c1-10(19)17-13-4-6-18(7-5-13)14-3-2-12(15)8-11(14)9-16/h2-3,8,13H,4-7,9,16H2,1H3,(H,17,19). The molecule has 3 N–H and O–H groups in total. The number of halogens is 1. The summed E-state index contributed by atoms with van der Waals surface area (Å²) in [5, 5.41) is 3.70. The Morgan fingerprint density at radius 1 is 1.47 bits per heavy atom. The van der Waals surface area contributed by atoms with Crippen molar-refractivity contribution in [3.63, 3.8) is 0 Å². The molecular weight excluding hydrogens is 262 g/mol. The monoisotopic (exact) mass is 281 g/mol. The van der Waals surface area contributed by atoms with E-state index in [4.69, 9.17) is 17.3 Å². The van der Waals surface area contributed by atoms with Crippen LogP contribution >= 0.6 is 11.6 Å². The second kappa shape index (κ2) is 6.26. The number of anilines is 1. The van der Waals surface area contributed by atoms with E-state index in [0.29, 0.717) is 12.6 Å². The normalized spacial score (nSPS) is 16.5. The van der Waals surface area contributed by atoms with E-state index in [0.717, 1.165) is 42.2 Å². The average Bonchev–Trinajstić information content (AvgIpc) is 2.39. The SMILES string of the molecule is CC(=O)NC1CCN(c2ccc(Cl)cc2CN)CC1. The first kappa shape index (κ1) is 14.2. The zero-order valence-electron chi connectivity index (χ0n) is 11.2. The number of benzene rings is 1. The number of piperidine rings is 1. The summed E-state index contributed by atoms with van der Waals surface area (Å²) in [7, 11) is 0. The molecule has 0 unspecified atom stereocenters. The van der Waals surface area contributed by atoms with Gasteiger partial charge in [-0.3, -0.25) is 4.79 Å². The van der Waals surface area contributed by atoms with Crippen molar-refractivity contribution in [3.8, 4) is 0 Å². The largest absolute Gasteiger partial charge is 0.371 e. The molecule has 0 aliphatic carbocycles. The second-order valence-electron chi connectivity index (χ2n) is 4.94. The third-order valence-electron chi connectivity index (χ3n) is 3.50. The van der Waals surface area contributed by atoms with Gasteiger partial charge in [-0.2, -0.15) is 0 Å². The van der Waals surface area contributed by atoms with Gasteiger partial charge in [0.15, 0.2) is 0 Å². The third-order valence-corrected chi connectivity index (χ3v) is 3.74. The van der Waals surface area contributed by atoms with Crippen LogP contribution in [0.25, 0.3) is 0 Å². The molecule has 0 radical (unpaired) electrons. The van der Waals surface area contributed by atoms with Crippen LogP contribution in [-0.2, 0) is 11.3 Å². The Labute approximate surface area is 118 Å². The van der Waals surface area contributed by atoms with Crippen LogP contribution in [0.15, 0.2) is 18.2 Å². The number of carbonyl (C=O) groups is 1. The highest BCUT2D eigenvalue weighted by atomic mass is 35.5. The maximum Gasteiger partial charge on any atom is 0.217 e. The topological polar surface area (TPSA) is 58.4 Å². The van der Waals surface area contributed by atoms with E-state index in [1.165, 1.54) is 0 Å². The minimum Gasteiger partial charge on any atom is -0.371 e. The number of nitrogens with one attached hydrogen (secondary N) is 1. The predicted octanol–water partition coefficient (Wildman–Crippen LogP) is 1.90. The lowest BCUT2D eigenvalue weighted by Gasteiger charge is -2.35. The molecule has 0 spiro atoms. The molecule has 104 valence electrons. The van der Waals surface area contributed by atoms with Crippen molar-refractivity contribution < 1.29 is 4.79 Å². The van der Waals surface area contributed by atoms with Gasteiger partial charge < -0.3 is 16.0 Å². The van der Waals surface area contributed by atoms with Crippen LogP contribution in [-0.4, -0.2) is 25.0 Å². The Hall–Kier alpha value is -1.26. The van der Waals surface area contributed by atoms with E-state index in [-0.39, 0.29) is 5.91 Å². The van der Waals surface area contributed by atoms with Crippen LogP contribution in [0.4, 0.5) is 5.69 Å². The summed E-state index contributed by atoms with van der Waals surface area (Å²) < 4.78 is 0. The summed E-state index contributed by atoms with van der Waals surface area (Å²) in [5.41, 5.74) is 8.01. The lowest BCUT2D eigenvalue weighted by Crippen LogP contribution is -2.44. The van der Waals surface area contributed by atoms with Crippen molar-refractivity contribution in [1.82, 2.24) is 5.32 Å². The first-order chi connectivity index (χ1) is 9.10. The fraction of sp³-hybridized carbons (Fsp3) is 0.500. The Bertz CT molecular complexity index is 456. The molecule has 0 saturated carbocycles. The number of carbonyl (C=O) groups excluding carboxylic acids is 1. The van der Waals surface area contributed by atoms with Gasteiger partial charge in [0, 0.05) is 43.3 Å². The van der Waals surface area contributed by atoms with Crippen molar-refractivity contribution in [2.75, 3.05) is 18.0 Å². The van der Waals surface area contributed by atoms with Gasteiger partial charge in [-0.1, -0.05) is 11.6 Å². The van der Waals surface area contributed by atoms with Crippen LogP contribution in [0, 0.1) is 0 Å². The average molecular weight is 282 g/mol. The maximum atomic E-state index is 11.0. The molecule has 19 heavy (non-hydrogen) atoms. The van der Waals surface area contributed by atoms with E-state index < -0.39 is 0 Å². The van der Waals surface area contributed by atoms with E-state index >= 15 is 0 Å². The van der Waals surface area contributed by atoms with Gasteiger partial charge >= 0.3 is 0 Å². The Kier molecular flexibility index (Phi) is 4.66. The van der Waals surface area contributed by atoms with Crippen LogP contribution in [0.5, 0.6) is 0 Å². The molecule has 0 atom stereocenters. The fourth-order valence-electron chi connectivity index (χ4n) is 2.58. The lowest BCUT2D eigenvalue weighted by atomic mass is 10.0. The van der Waals surface area contributed by atoms with Gasteiger partial charge in [-0.15, -0.1) is 0 Å². The van der Waals surface area contributed by atoms with Gasteiger partial charge in [-0.25, -0.2) is 0 Å². The summed E-state index contributed by atoms with van der Waals surface area (Å²) in [6.07, 6.45) is 1.93. The molecule has 1 fully saturated rings. The summed E-state index contributed by atoms with van der Waals surface area (Å²) in [6, 6.07) is 6.15. The molecular formula is C14H20ClN3O. The molecule has 1 aromatic carbocycles. The van der Waals surface area contributed by atoms with Crippen molar-refractivity contribution in [2.45, 2.75) is 32.4 Å². The molecule has 1 saturated heterocycles. The van der Waals surface area contributed by atoms with Gasteiger partial charge in [-0.05, 0) is 36.6 Å². The summed E-state index contributed by atoms with van der Waals surface area (Å²) >= 11 is 5.99. The number of rotatable bonds is 3.